The number of thiophene rings is 1. The highest BCUT2D eigenvalue weighted by molar-refractivity contribution is 7.12. The van der Waals surface area contributed by atoms with Gasteiger partial charge in [0.2, 0.25) is 5.91 Å². The van der Waals surface area contributed by atoms with Crippen molar-refractivity contribution in [3.05, 3.63) is 21.9 Å². The molecule has 0 aromatic carbocycles. The second kappa shape index (κ2) is 4.91. The Kier molecular flexibility index (Phi) is 3.39. The summed E-state index contributed by atoms with van der Waals surface area (Å²) in [5.74, 6) is 1.23. The first-order valence-corrected chi connectivity index (χ1v) is 7.91. The molecule has 1 aliphatic carbocycles. The summed E-state index contributed by atoms with van der Waals surface area (Å²) in [6.07, 6.45) is 1.65. The van der Waals surface area contributed by atoms with Gasteiger partial charge in [0.15, 0.2) is 0 Å². The quantitative estimate of drug-likeness (QED) is 0.923. The molecule has 1 aromatic heterocycles. The Morgan fingerprint density at radius 1 is 1.53 bits per heavy atom. The van der Waals surface area contributed by atoms with E-state index in [9.17, 15) is 9.90 Å². The highest BCUT2D eigenvalue weighted by atomic mass is 32.1. The lowest BCUT2D eigenvalue weighted by molar-refractivity contribution is -0.131. The molecule has 4 unspecified atom stereocenters. The largest absolute Gasteiger partial charge is 0.393 e. The lowest BCUT2D eigenvalue weighted by Gasteiger charge is -2.17. The molecule has 19 heavy (non-hydrogen) atoms. The fourth-order valence-corrected chi connectivity index (χ4v) is 4.11. The van der Waals surface area contributed by atoms with Crippen LogP contribution >= 0.6 is 11.3 Å². The number of hydrogen-bond acceptors (Lipinski definition) is 3. The molecule has 1 N–H and O–H groups in total. The number of likely N-dealkylation sites (tertiary alicyclic amines) is 1. The molecule has 4 heteroatoms. The maximum absolute atomic E-state index is 12.4. The van der Waals surface area contributed by atoms with Gasteiger partial charge in [0.05, 0.1) is 6.10 Å². The summed E-state index contributed by atoms with van der Waals surface area (Å²) in [4.78, 5) is 17.1. The van der Waals surface area contributed by atoms with Crippen molar-refractivity contribution < 1.29 is 9.90 Å². The molecular weight excluding hydrogens is 258 g/mol. The molecule has 1 aromatic rings. The zero-order chi connectivity index (χ0) is 13.6. The van der Waals surface area contributed by atoms with Crippen LogP contribution < -0.4 is 0 Å². The molecule has 0 spiro atoms. The van der Waals surface area contributed by atoms with Gasteiger partial charge in [0.25, 0.3) is 0 Å². The van der Waals surface area contributed by atoms with E-state index in [-0.39, 0.29) is 17.9 Å². The first-order valence-electron chi connectivity index (χ1n) is 7.09. The third-order valence-electron chi connectivity index (χ3n) is 4.45. The van der Waals surface area contributed by atoms with Gasteiger partial charge in [-0.1, -0.05) is 0 Å². The fourth-order valence-electron chi connectivity index (χ4n) is 3.05. The van der Waals surface area contributed by atoms with Gasteiger partial charge in [-0.15, -0.1) is 11.3 Å². The number of nitrogens with zero attached hydrogens (tertiary/aromatic N) is 1. The number of amides is 1. The van der Waals surface area contributed by atoms with Gasteiger partial charge >= 0.3 is 0 Å². The van der Waals surface area contributed by atoms with Gasteiger partial charge in [-0.3, -0.25) is 4.79 Å². The topological polar surface area (TPSA) is 40.5 Å². The Hall–Kier alpha value is -0.870. The zero-order valence-electron chi connectivity index (χ0n) is 11.5. The van der Waals surface area contributed by atoms with E-state index in [1.165, 1.54) is 9.75 Å². The van der Waals surface area contributed by atoms with Crippen LogP contribution in [0.2, 0.25) is 0 Å². The molecule has 2 aliphatic rings. The van der Waals surface area contributed by atoms with E-state index >= 15 is 0 Å². The van der Waals surface area contributed by atoms with Crippen LogP contribution in [0.4, 0.5) is 0 Å². The normalized spacial score (nSPS) is 31.5. The van der Waals surface area contributed by atoms with Crippen molar-refractivity contribution in [3.63, 3.8) is 0 Å². The van der Waals surface area contributed by atoms with Gasteiger partial charge in [0, 0.05) is 40.6 Å². The summed E-state index contributed by atoms with van der Waals surface area (Å²) in [6, 6.07) is 4.31. The first kappa shape index (κ1) is 13.1. The number of aliphatic hydroxyl groups excluding tert-OH is 1. The lowest BCUT2D eigenvalue weighted by Crippen LogP contribution is -2.31. The van der Waals surface area contributed by atoms with Gasteiger partial charge in [-0.25, -0.2) is 0 Å². The predicted octanol–water partition coefficient (Wildman–Crippen LogP) is 2.39. The van der Waals surface area contributed by atoms with Crippen LogP contribution in [0.25, 0.3) is 0 Å². The molecule has 104 valence electrons. The number of aryl methyl sites for hydroxylation is 1. The van der Waals surface area contributed by atoms with Crippen LogP contribution in [0.5, 0.6) is 0 Å². The van der Waals surface area contributed by atoms with E-state index in [4.69, 9.17) is 0 Å². The van der Waals surface area contributed by atoms with Crippen molar-refractivity contribution in [2.24, 2.45) is 11.8 Å². The lowest BCUT2D eigenvalue weighted by atomic mass is 10.0. The Balaban J connectivity index is 1.58. The number of hydrogen-bond donors (Lipinski definition) is 1. The van der Waals surface area contributed by atoms with Gasteiger partial charge in [-0.2, -0.15) is 0 Å². The van der Waals surface area contributed by atoms with Crippen LogP contribution in [0.1, 0.15) is 35.4 Å². The zero-order valence-corrected chi connectivity index (χ0v) is 12.3. The summed E-state index contributed by atoms with van der Waals surface area (Å²) in [7, 11) is 0. The minimum absolute atomic E-state index is 0.200. The Morgan fingerprint density at radius 2 is 2.32 bits per heavy atom. The molecule has 2 fully saturated rings. The highest BCUT2D eigenvalue weighted by Gasteiger charge is 2.47. The second-order valence-corrected chi connectivity index (χ2v) is 7.29. The summed E-state index contributed by atoms with van der Waals surface area (Å²) in [6.45, 7) is 5.50. The second-order valence-electron chi connectivity index (χ2n) is 5.97. The van der Waals surface area contributed by atoms with Crippen molar-refractivity contribution >= 4 is 17.2 Å². The minimum Gasteiger partial charge on any atom is -0.393 e. The monoisotopic (exact) mass is 279 g/mol. The van der Waals surface area contributed by atoms with E-state index in [1.807, 2.05) is 23.2 Å². The van der Waals surface area contributed by atoms with Gasteiger partial charge in [-0.05, 0) is 38.8 Å². The summed E-state index contributed by atoms with van der Waals surface area (Å²) in [5, 5.41) is 9.60. The molecule has 1 saturated carbocycles. The van der Waals surface area contributed by atoms with Crippen molar-refractivity contribution in [2.45, 2.75) is 38.7 Å². The summed E-state index contributed by atoms with van der Waals surface area (Å²) in [5.41, 5.74) is 0. The van der Waals surface area contributed by atoms with E-state index < -0.39 is 0 Å². The average molecular weight is 279 g/mol. The van der Waals surface area contributed by atoms with E-state index in [0.717, 1.165) is 25.9 Å². The Labute approximate surface area is 118 Å². The molecule has 0 radical (unpaired) electrons. The van der Waals surface area contributed by atoms with Gasteiger partial charge < -0.3 is 10.0 Å². The Bertz CT molecular complexity index is 482. The van der Waals surface area contributed by atoms with Crippen molar-refractivity contribution in [1.29, 1.82) is 0 Å². The van der Waals surface area contributed by atoms with E-state index in [1.54, 1.807) is 0 Å². The maximum atomic E-state index is 12.4. The molecule has 1 saturated heterocycles. The summed E-state index contributed by atoms with van der Waals surface area (Å²) < 4.78 is 0. The molecule has 3 nitrogen and oxygen atoms in total. The molecule has 2 heterocycles. The molecule has 0 bridgehead atoms. The Morgan fingerprint density at radius 3 is 2.89 bits per heavy atom. The van der Waals surface area contributed by atoms with E-state index in [2.05, 4.69) is 19.1 Å². The standard InChI is InChI=1S/C15H21NO2S/c1-9-3-4-14(19-9)12-7-13(12)15(18)16-6-5-11(8-16)10(2)17/h3-4,10-13,17H,5-8H2,1-2H3. The minimum atomic E-state index is -0.298. The highest BCUT2D eigenvalue weighted by Crippen LogP contribution is 2.50. The number of rotatable bonds is 3. The number of aliphatic hydroxyl groups is 1. The SMILES string of the molecule is Cc1ccc(C2CC2C(=O)N2CCC(C(C)O)C2)s1. The third-order valence-corrected chi connectivity index (χ3v) is 5.59. The maximum Gasteiger partial charge on any atom is 0.226 e. The third kappa shape index (κ3) is 2.56. The van der Waals surface area contributed by atoms with Crippen LogP contribution in [0.15, 0.2) is 12.1 Å². The first-order chi connectivity index (χ1) is 9.06. The van der Waals surface area contributed by atoms with Crippen molar-refractivity contribution in [3.8, 4) is 0 Å². The summed E-state index contributed by atoms with van der Waals surface area (Å²) >= 11 is 1.82. The number of carbonyl (C=O) groups excluding carboxylic acids is 1. The van der Waals surface area contributed by atoms with Crippen molar-refractivity contribution in [2.75, 3.05) is 13.1 Å². The molecule has 1 aliphatic heterocycles. The van der Waals surface area contributed by atoms with Crippen LogP contribution in [-0.4, -0.2) is 35.1 Å². The predicted molar refractivity (Wildman–Crippen MR) is 76.3 cm³/mol. The fraction of sp³-hybridized carbons (Fsp3) is 0.667. The van der Waals surface area contributed by atoms with Crippen LogP contribution in [0.3, 0.4) is 0 Å². The smallest absolute Gasteiger partial charge is 0.226 e. The van der Waals surface area contributed by atoms with Gasteiger partial charge in [0.1, 0.15) is 0 Å². The molecular formula is C15H21NO2S. The average Bonchev–Trinajstić information content (AvgIpc) is 2.82. The molecule has 1 amide bonds. The molecule has 3 rings (SSSR count). The van der Waals surface area contributed by atoms with E-state index in [0.29, 0.717) is 11.8 Å². The number of carbonyl (C=O) groups is 1. The van der Waals surface area contributed by atoms with Crippen LogP contribution in [0, 0.1) is 18.8 Å². The molecule has 4 atom stereocenters. The van der Waals surface area contributed by atoms with Crippen molar-refractivity contribution in [1.82, 2.24) is 4.90 Å². The van der Waals surface area contributed by atoms with Crippen LogP contribution in [-0.2, 0) is 4.79 Å².